The summed E-state index contributed by atoms with van der Waals surface area (Å²) in [7, 11) is -3.27. The Morgan fingerprint density at radius 3 is 2.31 bits per heavy atom. The average Bonchev–Trinajstić information content (AvgIpc) is 2.26. The van der Waals surface area contributed by atoms with E-state index in [2.05, 4.69) is 6.92 Å². The third-order valence-corrected chi connectivity index (χ3v) is 4.51. The molecule has 0 bridgehead atoms. The van der Waals surface area contributed by atoms with Crippen LogP contribution in [0.3, 0.4) is 0 Å². The largest absolute Gasteiger partial charge is 0.223 e. The number of hydrogen-bond acceptors (Lipinski definition) is 2. The van der Waals surface area contributed by atoms with Crippen LogP contribution < -0.4 is 0 Å². The minimum Gasteiger partial charge on any atom is -0.223 e. The van der Waals surface area contributed by atoms with Gasteiger partial charge in [0, 0.05) is 0 Å². The number of sulfone groups is 1. The highest BCUT2D eigenvalue weighted by Crippen LogP contribution is 2.29. The fourth-order valence-electron chi connectivity index (χ4n) is 1.60. The Labute approximate surface area is 98.6 Å². The zero-order valence-corrected chi connectivity index (χ0v) is 10.6. The van der Waals surface area contributed by atoms with E-state index in [0.717, 1.165) is 0 Å². The second-order valence-electron chi connectivity index (χ2n) is 4.02. The van der Waals surface area contributed by atoms with Gasteiger partial charge in [0.25, 0.3) is 0 Å². The van der Waals surface area contributed by atoms with Crippen molar-refractivity contribution in [2.45, 2.75) is 31.6 Å². The Balaban J connectivity index is 3.00. The Hall–Kier alpha value is -0.830. The van der Waals surface area contributed by atoms with Crippen LogP contribution in [-0.4, -0.2) is 8.42 Å². The third kappa shape index (κ3) is 3.08. The summed E-state index contributed by atoms with van der Waals surface area (Å²) in [5.41, 5.74) is 0. The molecule has 0 aromatic heterocycles. The molecule has 2 radical (unpaired) electrons. The van der Waals surface area contributed by atoms with Crippen LogP contribution in [0.1, 0.15) is 26.7 Å². The fraction of sp³-hybridized carbons (Fsp3) is 0.385. The van der Waals surface area contributed by atoms with Gasteiger partial charge in [0.15, 0.2) is 9.84 Å². The van der Waals surface area contributed by atoms with E-state index in [4.69, 9.17) is 0 Å². The van der Waals surface area contributed by atoms with E-state index in [9.17, 15) is 8.42 Å². The van der Waals surface area contributed by atoms with Crippen LogP contribution in [0.4, 0.5) is 0 Å². The predicted molar refractivity (Wildman–Crippen MR) is 66.3 cm³/mol. The molecule has 16 heavy (non-hydrogen) atoms. The van der Waals surface area contributed by atoms with Gasteiger partial charge in [-0.3, -0.25) is 0 Å². The van der Waals surface area contributed by atoms with E-state index in [1.807, 2.05) is 19.9 Å². The minimum absolute atomic E-state index is 0.119. The van der Waals surface area contributed by atoms with E-state index < -0.39 is 9.84 Å². The highest BCUT2D eigenvalue weighted by molar-refractivity contribution is 7.94. The molecule has 0 saturated heterocycles. The van der Waals surface area contributed by atoms with Crippen LogP contribution in [0.5, 0.6) is 0 Å². The van der Waals surface area contributed by atoms with Crippen LogP contribution >= 0.6 is 0 Å². The van der Waals surface area contributed by atoms with Crippen LogP contribution in [0.25, 0.3) is 0 Å². The van der Waals surface area contributed by atoms with Crippen molar-refractivity contribution in [2.75, 3.05) is 0 Å². The first kappa shape index (κ1) is 13.2. The van der Waals surface area contributed by atoms with Crippen molar-refractivity contribution in [3.8, 4) is 0 Å². The Bertz CT molecular complexity index is 407. The van der Waals surface area contributed by atoms with E-state index in [1.165, 1.54) is 0 Å². The molecule has 1 rings (SSSR count). The normalized spacial score (nSPS) is 12.3. The summed E-state index contributed by atoms with van der Waals surface area (Å²) in [4.78, 5) is 0.382. The molecule has 0 aliphatic heterocycles. The van der Waals surface area contributed by atoms with Gasteiger partial charge in [0.05, 0.1) is 10.1 Å². The lowest BCUT2D eigenvalue weighted by Gasteiger charge is -2.16. The molecule has 0 fully saturated rings. The van der Waals surface area contributed by atoms with Crippen LogP contribution in [0.15, 0.2) is 35.2 Å². The lowest BCUT2D eigenvalue weighted by molar-refractivity contribution is 0.576. The molecule has 0 aliphatic rings. The van der Waals surface area contributed by atoms with Gasteiger partial charge < -0.3 is 0 Å². The van der Waals surface area contributed by atoms with Gasteiger partial charge in [0.2, 0.25) is 0 Å². The van der Waals surface area contributed by atoms with Crippen molar-refractivity contribution in [1.29, 1.82) is 0 Å². The predicted octanol–water partition coefficient (Wildman–Crippen LogP) is 3.26. The van der Waals surface area contributed by atoms with E-state index >= 15 is 0 Å². The molecule has 1 aromatic carbocycles. The zero-order chi connectivity index (χ0) is 12.2. The topological polar surface area (TPSA) is 34.1 Å². The molecule has 0 amide bonds. The van der Waals surface area contributed by atoms with Crippen LogP contribution in [0.2, 0.25) is 0 Å². The van der Waals surface area contributed by atoms with Crippen molar-refractivity contribution in [2.24, 2.45) is 5.92 Å². The number of rotatable bonds is 5. The van der Waals surface area contributed by atoms with Crippen molar-refractivity contribution in [3.05, 3.63) is 42.5 Å². The smallest absolute Gasteiger partial charge is 0.185 e. The summed E-state index contributed by atoms with van der Waals surface area (Å²) in [5, 5.41) is 0.571. The van der Waals surface area contributed by atoms with E-state index in [-0.39, 0.29) is 5.92 Å². The number of benzene rings is 1. The van der Waals surface area contributed by atoms with Gasteiger partial charge >= 0.3 is 0 Å². The molecule has 88 valence electrons. The lowest BCUT2D eigenvalue weighted by Crippen LogP contribution is -2.14. The molecule has 3 heteroatoms. The van der Waals surface area contributed by atoms with Gasteiger partial charge in [-0.15, -0.1) is 0 Å². The van der Waals surface area contributed by atoms with Crippen LogP contribution in [-0.2, 0) is 9.84 Å². The van der Waals surface area contributed by atoms with Crippen molar-refractivity contribution < 1.29 is 8.42 Å². The van der Waals surface area contributed by atoms with Gasteiger partial charge in [-0.25, -0.2) is 8.42 Å². The summed E-state index contributed by atoms with van der Waals surface area (Å²) in [6.45, 7) is 7.65. The molecule has 0 saturated carbocycles. The molecular weight excluding hydrogens is 220 g/mol. The van der Waals surface area contributed by atoms with Gasteiger partial charge in [-0.1, -0.05) is 39.0 Å². The molecule has 1 unspecified atom stereocenters. The molecule has 0 spiro atoms. The first-order valence-electron chi connectivity index (χ1n) is 5.46. The molecule has 2 nitrogen and oxygen atoms in total. The SMILES string of the molecule is [CH2]C(C)C[C](CC)S(=O)(=O)c1ccccc1. The van der Waals surface area contributed by atoms with Gasteiger partial charge in [-0.2, -0.15) is 0 Å². The first-order valence-corrected chi connectivity index (χ1v) is 6.94. The molecule has 0 N–H and O–H groups in total. The average molecular weight is 238 g/mol. The molecule has 1 aromatic rings. The van der Waals surface area contributed by atoms with Crippen molar-refractivity contribution in [3.63, 3.8) is 0 Å². The molecule has 0 aliphatic carbocycles. The fourth-order valence-corrected chi connectivity index (χ4v) is 3.33. The van der Waals surface area contributed by atoms with E-state index in [1.54, 1.807) is 24.3 Å². The van der Waals surface area contributed by atoms with Gasteiger partial charge in [0.1, 0.15) is 0 Å². The number of hydrogen-bond donors (Lipinski definition) is 0. The third-order valence-electron chi connectivity index (χ3n) is 2.40. The zero-order valence-electron chi connectivity index (χ0n) is 9.81. The molecule has 1 atom stereocenters. The van der Waals surface area contributed by atoms with Crippen molar-refractivity contribution in [1.82, 2.24) is 0 Å². The minimum atomic E-state index is -3.27. The maximum Gasteiger partial charge on any atom is 0.185 e. The Kier molecular flexibility index (Phi) is 4.54. The monoisotopic (exact) mass is 238 g/mol. The van der Waals surface area contributed by atoms with E-state index in [0.29, 0.717) is 23.0 Å². The summed E-state index contributed by atoms with van der Waals surface area (Å²) in [6, 6.07) is 8.58. The quantitative estimate of drug-likeness (QED) is 0.789. The molecule has 0 heterocycles. The summed E-state index contributed by atoms with van der Waals surface area (Å²) < 4.78 is 24.5. The summed E-state index contributed by atoms with van der Waals surface area (Å²) in [6.07, 6.45) is 1.09. The standard InChI is InChI=1S/C13H18O2S/c1-4-12(10-11(2)3)16(14,15)13-8-6-5-7-9-13/h5-9,11H,2,4,10H2,1,3H3. The Morgan fingerprint density at radius 2 is 1.88 bits per heavy atom. The van der Waals surface area contributed by atoms with Gasteiger partial charge in [-0.05, 0) is 30.9 Å². The highest BCUT2D eigenvalue weighted by atomic mass is 32.2. The molecular formula is C13H18O2S. The van der Waals surface area contributed by atoms with Crippen LogP contribution in [0, 0.1) is 18.1 Å². The Morgan fingerprint density at radius 1 is 1.31 bits per heavy atom. The van der Waals surface area contributed by atoms with Crippen molar-refractivity contribution >= 4 is 9.84 Å². The lowest BCUT2D eigenvalue weighted by atomic mass is 10.1. The maximum atomic E-state index is 12.2. The second kappa shape index (κ2) is 5.48. The summed E-state index contributed by atoms with van der Waals surface area (Å²) >= 11 is 0. The second-order valence-corrected chi connectivity index (χ2v) is 6.07. The maximum absolute atomic E-state index is 12.2. The highest BCUT2D eigenvalue weighted by Gasteiger charge is 2.27. The first-order chi connectivity index (χ1) is 7.48. The summed E-state index contributed by atoms with van der Waals surface area (Å²) in [5.74, 6) is 0.119.